The molecule has 3 heterocycles. The van der Waals surface area contributed by atoms with Crippen LogP contribution in [0.3, 0.4) is 0 Å². The van der Waals surface area contributed by atoms with Gasteiger partial charge in [0.05, 0.1) is 0 Å². The average molecular weight is 525 g/mol. The molecule has 37 heavy (non-hydrogen) atoms. The van der Waals surface area contributed by atoms with Crippen molar-refractivity contribution < 1.29 is 0 Å². The van der Waals surface area contributed by atoms with E-state index in [1.54, 1.807) is 0 Å². The summed E-state index contributed by atoms with van der Waals surface area (Å²) in [5, 5.41) is 5.40. The Morgan fingerprint density at radius 1 is 0.324 bits per heavy atom. The van der Waals surface area contributed by atoms with Crippen molar-refractivity contribution in [3.05, 3.63) is 121 Å². The molecule has 8 rings (SSSR count). The van der Waals surface area contributed by atoms with Crippen molar-refractivity contribution in [2.75, 3.05) is 0 Å². The molecule has 0 aliphatic carbocycles. The lowest BCUT2D eigenvalue weighted by molar-refractivity contribution is 1.62. The zero-order chi connectivity index (χ0) is 24.3. The topological polar surface area (TPSA) is 0 Å². The van der Waals surface area contributed by atoms with Gasteiger partial charge >= 0.3 is 0 Å². The van der Waals surface area contributed by atoms with Gasteiger partial charge in [0.1, 0.15) is 0 Å². The molecule has 0 aliphatic heterocycles. The van der Waals surface area contributed by atoms with Gasteiger partial charge in [0, 0.05) is 39.3 Å². The summed E-state index contributed by atoms with van der Waals surface area (Å²) in [4.78, 5) is 2.66. The number of benzene rings is 5. The monoisotopic (exact) mass is 524 g/mol. The molecular weight excluding hydrogens is 505 g/mol. The van der Waals surface area contributed by atoms with Gasteiger partial charge in [-0.1, -0.05) is 84.9 Å². The van der Waals surface area contributed by atoms with Gasteiger partial charge in [-0.05, 0) is 69.4 Å². The zero-order valence-corrected chi connectivity index (χ0v) is 22.2. The van der Waals surface area contributed by atoms with Crippen molar-refractivity contribution >= 4 is 74.4 Å². The molecule has 0 unspecified atom stereocenters. The van der Waals surface area contributed by atoms with Crippen LogP contribution in [0.15, 0.2) is 121 Å². The highest BCUT2D eigenvalue weighted by Gasteiger charge is 2.13. The normalized spacial score (nSPS) is 11.8. The van der Waals surface area contributed by atoms with Gasteiger partial charge in [-0.3, -0.25) is 0 Å². The summed E-state index contributed by atoms with van der Waals surface area (Å²) in [6.07, 6.45) is 0. The van der Waals surface area contributed by atoms with Gasteiger partial charge in [0.25, 0.3) is 0 Å². The molecule has 0 fully saturated rings. The van der Waals surface area contributed by atoms with Crippen molar-refractivity contribution in [1.82, 2.24) is 0 Å². The van der Waals surface area contributed by atoms with Gasteiger partial charge < -0.3 is 0 Å². The van der Waals surface area contributed by atoms with E-state index in [2.05, 4.69) is 121 Å². The van der Waals surface area contributed by atoms with E-state index in [0.29, 0.717) is 0 Å². The molecule has 0 atom stereocenters. The van der Waals surface area contributed by atoms with Gasteiger partial charge in [0.15, 0.2) is 0 Å². The van der Waals surface area contributed by atoms with E-state index in [1.807, 2.05) is 34.0 Å². The SMILES string of the molecule is c1ccc(-c2ccc(-c3cc4cc5c(cc4s3)sc3cc4sc(-c6ccccc6)cc4cc35)cc2)cc1. The van der Waals surface area contributed by atoms with E-state index in [0.717, 1.165) is 0 Å². The molecule has 0 N–H and O–H groups in total. The van der Waals surface area contributed by atoms with E-state index in [4.69, 9.17) is 0 Å². The number of fused-ring (bicyclic) bond motifs is 5. The predicted octanol–water partition coefficient (Wildman–Crippen LogP) is 11.5. The third kappa shape index (κ3) is 3.62. The Bertz CT molecular complexity index is 2060. The van der Waals surface area contributed by atoms with Crippen LogP contribution >= 0.6 is 34.0 Å². The van der Waals surface area contributed by atoms with Crippen LogP contribution in [-0.2, 0) is 0 Å². The van der Waals surface area contributed by atoms with Crippen molar-refractivity contribution in [3.8, 4) is 32.0 Å². The molecule has 0 aliphatic rings. The summed E-state index contributed by atoms with van der Waals surface area (Å²) >= 11 is 5.69. The quantitative estimate of drug-likeness (QED) is 0.216. The Balaban J connectivity index is 1.21. The van der Waals surface area contributed by atoms with Gasteiger partial charge in [-0.2, -0.15) is 0 Å². The maximum absolute atomic E-state index is 2.40. The van der Waals surface area contributed by atoms with Crippen molar-refractivity contribution in [1.29, 1.82) is 0 Å². The van der Waals surface area contributed by atoms with Crippen LogP contribution in [0.25, 0.3) is 72.4 Å². The molecule has 0 nitrogen and oxygen atoms in total. The Hall–Kier alpha value is -3.76. The lowest BCUT2D eigenvalue weighted by Crippen LogP contribution is -1.77. The summed E-state index contributed by atoms with van der Waals surface area (Å²) in [6.45, 7) is 0. The van der Waals surface area contributed by atoms with E-state index < -0.39 is 0 Å². The number of hydrogen-bond acceptors (Lipinski definition) is 3. The fourth-order valence-electron chi connectivity index (χ4n) is 5.19. The molecule has 3 heteroatoms. The highest BCUT2D eigenvalue weighted by atomic mass is 32.1. The number of rotatable bonds is 3. The summed E-state index contributed by atoms with van der Waals surface area (Å²) in [6, 6.07) is 44.5. The molecule has 0 bridgehead atoms. The second-order valence-corrected chi connectivity index (χ2v) is 12.7. The van der Waals surface area contributed by atoms with Crippen LogP contribution in [0.2, 0.25) is 0 Å². The van der Waals surface area contributed by atoms with Crippen molar-refractivity contribution in [3.63, 3.8) is 0 Å². The summed E-state index contributed by atoms with van der Waals surface area (Å²) in [7, 11) is 0. The van der Waals surface area contributed by atoms with Gasteiger partial charge in [-0.25, -0.2) is 0 Å². The molecule has 0 saturated carbocycles. The lowest BCUT2D eigenvalue weighted by atomic mass is 10.0. The number of thiophene rings is 3. The lowest BCUT2D eigenvalue weighted by Gasteiger charge is -2.03. The Morgan fingerprint density at radius 2 is 0.757 bits per heavy atom. The second-order valence-electron chi connectivity index (χ2n) is 9.41. The zero-order valence-electron chi connectivity index (χ0n) is 19.8. The van der Waals surface area contributed by atoms with Crippen LogP contribution < -0.4 is 0 Å². The van der Waals surface area contributed by atoms with Crippen molar-refractivity contribution in [2.24, 2.45) is 0 Å². The van der Waals surface area contributed by atoms with E-state index >= 15 is 0 Å². The van der Waals surface area contributed by atoms with E-state index in [1.165, 1.54) is 72.4 Å². The fraction of sp³-hybridized carbons (Fsp3) is 0. The first-order valence-electron chi connectivity index (χ1n) is 12.3. The molecule has 8 aromatic rings. The Labute approximate surface area is 226 Å². The largest absolute Gasteiger partial charge is 0.135 e. The fourth-order valence-corrected chi connectivity index (χ4v) is 8.67. The van der Waals surface area contributed by atoms with E-state index in [9.17, 15) is 0 Å². The molecular formula is C34H20S3. The molecule has 0 amide bonds. The molecule has 0 saturated heterocycles. The van der Waals surface area contributed by atoms with Crippen LogP contribution in [-0.4, -0.2) is 0 Å². The third-order valence-electron chi connectivity index (χ3n) is 7.08. The van der Waals surface area contributed by atoms with Crippen LogP contribution in [0.4, 0.5) is 0 Å². The minimum Gasteiger partial charge on any atom is -0.135 e. The minimum atomic E-state index is 1.26. The first-order chi connectivity index (χ1) is 18.3. The summed E-state index contributed by atoms with van der Waals surface area (Å²) < 4.78 is 5.46. The average Bonchev–Trinajstić information content (AvgIpc) is 3.66. The highest BCUT2D eigenvalue weighted by Crippen LogP contribution is 2.44. The summed E-state index contributed by atoms with van der Waals surface area (Å²) in [5.74, 6) is 0. The second kappa shape index (κ2) is 8.39. The standard InChI is InChI=1S/C34H20S3/c1-3-7-21(8-4-1)22-11-13-24(14-12-22)30-18-26-16-28-27-15-25-17-29(23-9-5-2-6-10-23)35-31(25)19-33(27)37-34(28)20-32(26)36-30/h1-20H. The molecule has 3 aromatic heterocycles. The van der Waals surface area contributed by atoms with Crippen LogP contribution in [0.5, 0.6) is 0 Å². The predicted molar refractivity (Wildman–Crippen MR) is 166 cm³/mol. The smallest absolute Gasteiger partial charge is 0.0369 e. The van der Waals surface area contributed by atoms with Gasteiger partial charge in [0.2, 0.25) is 0 Å². The molecule has 5 aromatic carbocycles. The van der Waals surface area contributed by atoms with Crippen LogP contribution in [0.1, 0.15) is 0 Å². The molecule has 0 radical (unpaired) electrons. The molecule has 174 valence electrons. The first-order valence-corrected chi connectivity index (χ1v) is 14.8. The number of hydrogen-bond donors (Lipinski definition) is 0. The summed E-state index contributed by atoms with van der Waals surface area (Å²) in [5.41, 5.74) is 5.09. The minimum absolute atomic E-state index is 1.26. The first kappa shape index (κ1) is 21.3. The van der Waals surface area contributed by atoms with E-state index in [-0.39, 0.29) is 0 Å². The maximum Gasteiger partial charge on any atom is 0.0369 e. The van der Waals surface area contributed by atoms with Crippen molar-refractivity contribution in [2.45, 2.75) is 0 Å². The highest BCUT2D eigenvalue weighted by molar-refractivity contribution is 7.27. The third-order valence-corrected chi connectivity index (χ3v) is 10.5. The Morgan fingerprint density at radius 3 is 1.30 bits per heavy atom. The molecule has 0 spiro atoms. The Kier molecular flexibility index (Phi) is 4.84. The van der Waals surface area contributed by atoms with Gasteiger partial charge in [-0.15, -0.1) is 34.0 Å². The maximum atomic E-state index is 2.40. The van der Waals surface area contributed by atoms with Crippen LogP contribution in [0, 0.1) is 0 Å².